The number of rotatable bonds is 13. The van der Waals surface area contributed by atoms with Gasteiger partial charge in [-0.3, -0.25) is 19.2 Å². The number of hydrogen-bond acceptors (Lipinski definition) is 9. The number of likely N-dealkylation sites (N-methyl/N-ethyl adjacent to an activating group) is 1. The Kier molecular flexibility index (Phi) is 11.1. The van der Waals surface area contributed by atoms with Gasteiger partial charge in [-0.05, 0) is 55.8 Å². The van der Waals surface area contributed by atoms with Gasteiger partial charge in [-0.2, -0.15) is 4.98 Å². The Morgan fingerprint density at radius 1 is 1.02 bits per heavy atom. The van der Waals surface area contributed by atoms with E-state index in [2.05, 4.69) is 31.2 Å². The second-order valence-electron chi connectivity index (χ2n) is 9.24. The first-order valence-electron chi connectivity index (χ1n) is 13.3. The van der Waals surface area contributed by atoms with E-state index in [-0.39, 0.29) is 24.0 Å². The van der Waals surface area contributed by atoms with Crippen LogP contribution in [0.2, 0.25) is 0 Å². The molecule has 3 aromatic rings. The van der Waals surface area contributed by atoms with Crippen LogP contribution in [0.3, 0.4) is 0 Å². The van der Waals surface area contributed by atoms with Gasteiger partial charge in [-0.1, -0.05) is 19.1 Å². The molecular formula is C29H35N9O4. The van der Waals surface area contributed by atoms with Crippen LogP contribution < -0.4 is 32.7 Å². The summed E-state index contributed by atoms with van der Waals surface area (Å²) in [4.78, 5) is 59.5. The third-order valence-corrected chi connectivity index (χ3v) is 6.09. The van der Waals surface area contributed by atoms with Crippen LogP contribution in [0.5, 0.6) is 0 Å². The number of aromatic nitrogens is 2. The predicted octanol–water partition coefficient (Wildman–Crippen LogP) is 2.69. The van der Waals surface area contributed by atoms with E-state index in [1.54, 1.807) is 55.5 Å². The van der Waals surface area contributed by atoms with Crippen LogP contribution >= 0.6 is 0 Å². The number of nitrogens with zero attached hydrogens (tertiary/aromatic N) is 3. The van der Waals surface area contributed by atoms with Crippen LogP contribution in [0.1, 0.15) is 41.0 Å². The van der Waals surface area contributed by atoms with Crippen molar-refractivity contribution in [2.45, 2.75) is 26.3 Å². The fourth-order valence-corrected chi connectivity index (χ4v) is 3.61. The minimum atomic E-state index is -0.754. The molecule has 0 fully saturated rings. The molecule has 13 nitrogen and oxygen atoms in total. The van der Waals surface area contributed by atoms with Gasteiger partial charge in [-0.15, -0.1) is 0 Å². The molecule has 220 valence electrons. The summed E-state index contributed by atoms with van der Waals surface area (Å²) in [6.45, 7) is 4.38. The number of primary amides is 1. The lowest BCUT2D eigenvalue weighted by Crippen LogP contribution is -2.42. The molecule has 0 aliphatic rings. The zero-order chi connectivity index (χ0) is 30.6. The number of carbonyl (C=O) groups excluding carboxylic acids is 4. The van der Waals surface area contributed by atoms with Crippen LogP contribution in [0.25, 0.3) is 0 Å². The molecule has 0 radical (unpaired) electrons. The normalized spacial score (nSPS) is 11.4. The van der Waals surface area contributed by atoms with Gasteiger partial charge >= 0.3 is 0 Å². The molecule has 13 heteroatoms. The van der Waals surface area contributed by atoms with Gasteiger partial charge < -0.3 is 37.6 Å². The van der Waals surface area contributed by atoms with Crippen molar-refractivity contribution < 1.29 is 19.2 Å². The van der Waals surface area contributed by atoms with Crippen molar-refractivity contribution in [1.82, 2.24) is 14.9 Å². The molecule has 0 aliphatic heterocycles. The summed E-state index contributed by atoms with van der Waals surface area (Å²) in [6.07, 6.45) is 5.03. The molecule has 1 heterocycles. The van der Waals surface area contributed by atoms with E-state index in [0.29, 0.717) is 35.0 Å². The van der Waals surface area contributed by atoms with Crippen LogP contribution in [-0.2, 0) is 9.59 Å². The summed E-state index contributed by atoms with van der Waals surface area (Å²) in [6, 6.07) is 12.4. The number of benzene rings is 2. The highest BCUT2D eigenvalue weighted by molar-refractivity contribution is 6.08. The maximum Gasteiger partial charge on any atom is 0.260 e. The number of hydrogen-bond donors (Lipinski definition) is 6. The maximum absolute atomic E-state index is 13.2. The molecule has 3 rings (SSSR count). The monoisotopic (exact) mass is 573 g/mol. The van der Waals surface area contributed by atoms with Gasteiger partial charge in [0.25, 0.3) is 5.91 Å². The molecule has 0 bridgehead atoms. The molecular weight excluding hydrogens is 538 g/mol. The molecule has 0 saturated heterocycles. The highest BCUT2D eigenvalue weighted by atomic mass is 16.2. The van der Waals surface area contributed by atoms with E-state index in [1.807, 2.05) is 6.92 Å². The standard InChI is InChI=1S/C29H35N9O4/c1-4-15-32-26-23(17-33-29(37-26)36-20-12-10-19(11-13-20)25(31)40)28(42)35-22-8-5-7-21(16-22)34-27(41)18(2)38(3)24(39)9-6-14-30/h5-13,16-18H,4,14-15,30H2,1-3H3,(H2,31,40)(H,34,41)(H,35,42)(H2,32,33,36,37)/b9-6+/t18-/m0/s1. The van der Waals surface area contributed by atoms with Crippen LogP contribution in [0, 0.1) is 0 Å². The lowest BCUT2D eigenvalue weighted by atomic mass is 10.2. The van der Waals surface area contributed by atoms with Gasteiger partial charge in [0.05, 0.1) is 0 Å². The summed E-state index contributed by atoms with van der Waals surface area (Å²) >= 11 is 0. The fourth-order valence-electron chi connectivity index (χ4n) is 3.61. The summed E-state index contributed by atoms with van der Waals surface area (Å²) in [5.74, 6) is -1.16. The van der Waals surface area contributed by atoms with Crippen molar-refractivity contribution >= 4 is 52.5 Å². The van der Waals surface area contributed by atoms with Gasteiger partial charge in [0, 0.05) is 55.0 Å². The summed E-state index contributed by atoms with van der Waals surface area (Å²) in [7, 11) is 1.52. The zero-order valence-electron chi connectivity index (χ0n) is 23.7. The maximum atomic E-state index is 13.2. The SMILES string of the molecule is CCCNc1nc(Nc2ccc(C(N)=O)cc2)ncc1C(=O)Nc1cccc(NC(=O)[C@H](C)N(C)C(=O)/C=C/CN)c1. The molecule has 42 heavy (non-hydrogen) atoms. The number of anilines is 5. The number of nitrogens with two attached hydrogens (primary N) is 2. The van der Waals surface area contributed by atoms with Crippen molar-refractivity contribution in [3.8, 4) is 0 Å². The number of carbonyl (C=O) groups is 4. The molecule has 0 unspecified atom stereocenters. The minimum Gasteiger partial charge on any atom is -0.369 e. The molecule has 0 aliphatic carbocycles. The van der Waals surface area contributed by atoms with E-state index >= 15 is 0 Å². The van der Waals surface area contributed by atoms with E-state index in [9.17, 15) is 19.2 Å². The summed E-state index contributed by atoms with van der Waals surface area (Å²) in [5, 5.41) is 11.8. The zero-order valence-corrected chi connectivity index (χ0v) is 23.7. The number of amides is 4. The smallest absolute Gasteiger partial charge is 0.260 e. The predicted molar refractivity (Wildman–Crippen MR) is 163 cm³/mol. The largest absolute Gasteiger partial charge is 0.369 e. The highest BCUT2D eigenvalue weighted by Gasteiger charge is 2.21. The average Bonchev–Trinajstić information content (AvgIpc) is 2.98. The lowest BCUT2D eigenvalue weighted by molar-refractivity contribution is -0.132. The number of nitrogens with one attached hydrogen (secondary N) is 4. The van der Waals surface area contributed by atoms with Crippen molar-refractivity contribution in [2.75, 3.05) is 41.4 Å². The van der Waals surface area contributed by atoms with E-state index in [0.717, 1.165) is 6.42 Å². The first-order chi connectivity index (χ1) is 20.1. The van der Waals surface area contributed by atoms with Gasteiger partial charge in [0.15, 0.2) is 0 Å². The molecule has 4 amide bonds. The van der Waals surface area contributed by atoms with Gasteiger partial charge in [0.2, 0.25) is 23.7 Å². The van der Waals surface area contributed by atoms with Crippen molar-refractivity contribution in [3.63, 3.8) is 0 Å². The topological polar surface area (TPSA) is 197 Å². The Balaban J connectivity index is 1.72. The lowest BCUT2D eigenvalue weighted by Gasteiger charge is -2.23. The van der Waals surface area contributed by atoms with E-state index in [1.165, 1.54) is 30.3 Å². The second kappa shape index (κ2) is 14.9. The van der Waals surface area contributed by atoms with Crippen LogP contribution in [0.4, 0.5) is 28.8 Å². The van der Waals surface area contributed by atoms with Crippen LogP contribution in [0.15, 0.2) is 66.9 Å². The fraction of sp³-hybridized carbons (Fsp3) is 0.241. The molecule has 2 aromatic carbocycles. The summed E-state index contributed by atoms with van der Waals surface area (Å²) in [5.41, 5.74) is 12.8. The average molecular weight is 574 g/mol. The Morgan fingerprint density at radius 3 is 2.36 bits per heavy atom. The highest BCUT2D eigenvalue weighted by Crippen LogP contribution is 2.21. The van der Waals surface area contributed by atoms with Crippen LogP contribution in [-0.4, -0.2) is 64.7 Å². The van der Waals surface area contributed by atoms with Crippen molar-refractivity contribution in [2.24, 2.45) is 11.5 Å². The second-order valence-corrected chi connectivity index (χ2v) is 9.24. The third kappa shape index (κ3) is 8.60. The van der Waals surface area contributed by atoms with E-state index < -0.39 is 23.8 Å². The Morgan fingerprint density at radius 2 is 1.71 bits per heavy atom. The first kappa shape index (κ1) is 31.2. The first-order valence-corrected chi connectivity index (χ1v) is 13.3. The Labute approximate surface area is 243 Å². The van der Waals surface area contributed by atoms with E-state index in [4.69, 9.17) is 11.5 Å². The molecule has 1 atom stereocenters. The third-order valence-electron chi connectivity index (χ3n) is 6.09. The summed E-state index contributed by atoms with van der Waals surface area (Å²) < 4.78 is 0. The molecule has 0 spiro atoms. The molecule has 0 saturated carbocycles. The van der Waals surface area contributed by atoms with Crippen molar-refractivity contribution in [1.29, 1.82) is 0 Å². The quantitative estimate of drug-likeness (QED) is 0.166. The van der Waals surface area contributed by atoms with Crippen molar-refractivity contribution in [3.05, 3.63) is 78.0 Å². The van der Waals surface area contributed by atoms with Gasteiger partial charge in [-0.25, -0.2) is 4.98 Å². The van der Waals surface area contributed by atoms with Gasteiger partial charge in [0.1, 0.15) is 17.4 Å². The Hall–Kier alpha value is -5.30. The minimum absolute atomic E-state index is 0.215. The Bertz CT molecular complexity index is 1460. The molecule has 8 N–H and O–H groups in total. The molecule has 1 aromatic heterocycles.